The maximum atomic E-state index is 12.7. The standard InChI is InChI=1S/C18H23N5O2/c1-11-5-6-13(8-23(11)10-24)22-18-15-14(16(25)12-3-2-4-12)7-19-17(15)20-9-21-18/h7,9-13H,2-6,8H2,1H3,(H2,19,20,21,22). The smallest absolute Gasteiger partial charge is 0.210 e. The van der Waals surface area contributed by atoms with Crippen LogP contribution in [0.1, 0.15) is 49.4 Å². The van der Waals surface area contributed by atoms with Gasteiger partial charge in [-0.15, -0.1) is 0 Å². The summed E-state index contributed by atoms with van der Waals surface area (Å²) in [5.74, 6) is 0.995. The van der Waals surface area contributed by atoms with Crippen LogP contribution in [0.25, 0.3) is 11.0 Å². The van der Waals surface area contributed by atoms with E-state index in [1.807, 2.05) is 4.90 Å². The zero-order chi connectivity index (χ0) is 17.4. The minimum atomic E-state index is 0.126. The van der Waals surface area contributed by atoms with Gasteiger partial charge >= 0.3 is 0 Å². The predicted molar refractivity (Wildman–Crippen MR) is 94.4 cm³/mol. The van der Waals surface area contributed by atoms with Crippen molar-refractivity contribution in [2.45, 2.75) is 51.1 Å². The van der Waals surface area contributed by atoms with E-state index >= 15 is 0 Å². The van der Waals surface area contributed by atoms with Gasteiger partial charge in [-0.1, -0.05) is 6.42 Å². The van der Waals surface area contributed by atoms with Gasteiger partial charge in [0, 0.05) is 36.3 Å². The summed E-state index contributed by atoms with van der Waals surface area (Å²) in [7, 11) is 0. The van der Waals surface area contributed by atoms with Crippen LogP contribution in [-0.2, 0) is 4.79 Å². The number of Topliss-reactive ketones (excluding diaryl/α,β-unsaturated/α-hetero) is 1. The molecule has 0 radical (unpaired) electrons. The maximum Gasteiger partial charge on any atom is 0.210 e. The summed E-state index contributed by atoms with van der Waals surface area (Å²) in [4.78, 5) is 37.5. The van der Waals surface area contributed by atoms with E-state index in [1.54, 1.807) is 6.20 Å². The van der Waals surface area contributed by atoms with E-state index in [9.17, 15) is 9.59 Å². The molecule has 0 bridgehead atoms. The Morgan fingerprint density at radius 3 is 2.88 bits per heavy atom. The normalized spacial score (nSPS) is 24.1. The van der Waals surface area contributed by atoms with Gasteiger partial charge < -0.3 is 15.2 Å². The van der Waals surface area contributed by atoms with Crippen molar-refractivity contribution in [3.8, 4) is 0 Å². The van der Waals surface area contributed by atoms with E-state index in [0.29, 0.717) is 23.6 Å². The first-order valence-electron chi connectivity index (χ1n) is 9.01. The highest BCUT2D eigenvalue weighted by molar-refractivity contribution is 6.11. The second-order valence-electron chi connectivity index (χ2n) is 7.21. The van der Waals surface area contributed by atoms with Crippen molar-refractivity contribution in [2.24, 2.45) is 5.92 Å². The van der Waals surface area contributed by atoms with Crippen LogP contribution >= 0.6 is 0 Å². The quantitative estimate of drug-likeness (QED) is 0.643. The van der Waals surface area contributed by atoms with E-state index in [0.717, 1.165) is 43.9 Å². The molecule has 2 aliphatic rings. The van der Waals surface area contributed by atoms with E-state index in [2.05, 4.69) is 27.2 Å². The molecule has 1 saturated heterocycles. The third-order valence-electron chi connectivity index (χ3n) is 5.62. The summed E-state index contributed by atoms with van der Waals surface area (Å²) in [5, 5.41) is 4.21. The number of hydrogen-bond donors (Lipinski definition) is 2. The Bertz CT molecular complexity index is 798. The Hall–Kier alpha value is -2.44. The van der Waals surface area contributed by atoms with Gasteiger partial charge in [-0.2, -0.15) is 0 Å². The lowest BCUT2D eigenvalue weighted by Gasteiger charge is -2.36. The van der Waals surface area contributed by atoms with Gasteiger partial charge in [-0.25, -0.2) is 9.97 Å². The molecule has 3 heterocycles. The lowest BCUT2D eigenvalue weighted by atomic mass is 9.80. The number of rotatable bonds is 5. The summed E-state index contributed by atoms with van der Waals surface area (Å²) in [6.45, 7) is 2.71. The number of H-pyrrole nitrogens is 1. The van der Waals surface area contributed by atoms with E-state index in [1.165, 1.54) is 6.33 Å². The third kappa shape index (κ3) is 2.88. The highest BCUT2D eigenvalue weighted by Gasteiger charge is 2.30. The number of nitrogens with one attached hydrogen (secondary N) is 2. The van der Waals surface area contributed by atoms with Gasteiger partial charge in [-0.05, 0) is 32.6 Å². The van der Waals surface area contributed by atoms with Gasteiger partial charge in [-0.3, -0.25) is 9.59 Å². The monoisotopic (exact) mass is 341 g/mol. The van der Waals surface area contributed by atoms with Crippen LogP contribution in [0.4, 0.5) is 5.82 Å². The second kappa shape index (κ2) is 6.46. The maximum absolute atomic E-state index is 12.7. The van der Waals surface area contributed by atoms with Crippen LogP contribution < -0.4 is 5.32 Å². The molecule has 2 atom stereocenters. The minimum absolute atomic E-state index is 0.126. The van der Waals surface area contributed by atoms with Crippen molar-refractivity contribution in [2.75, 3.05) is 11.9 Å². The fraction of sp³-hybridized carbons (Fsp3) is 0.556. The molecule has 0 aromatic carbocycles. The largest absolute Gasteiger partial charge is 0.365 e. The summed E-state index contributed by atoms with van der Waals surface area (Å²) < 4.78 is 0. The van der Waals surface area contributed by atoms with Crippen LogP contribution in [0.3, 0.4) is 0 Å². The molecule has 1 aliphatic carbocycles. The summed E-state index contributed by atoms with van der Waals surface area (Å²) >= 11 is 0. The fourth-order valence-electron chi connectivity index (χ4n) is 3.75. The molecule has 1 saturated carbocycles. The number of likely N-dealkylation sites (tertiary alicyclic amines) is 1. The SMILES string of the molecule is CC1CCC(Nc2ncnc3[nH]cc(C(=O)C4CCC4)c23)CN1C=O. The zero-order valence-corrected chi connectivity index (χ0v) is 14.4. The molecule has 1 amide bonds. The van der Waals surface area contributed by atoms with Crippen molar-refractivity contribution in [3.05, 3.63) is 18.1 Å². The molecule has 7 nitrogen and oxygen atoms in total. The summed E-state index contributed by atoms with van der Waals surface area (Å²) in [5.41, 5.74) is 1.36. The van der Waals surface area contributed by atoms with Gasteiger partial charge in [0.1, 0.15) is 17.8 Å². The highest BCUT2D eigenvalue weighted by atomic mass is 16.1. The molecule has 1 aliphatic heterocycles. The first-order chi connectivity index (χ1) is 12.2. The number of fused-ring (bicyclic) bond motifs is 1. The summed E-state index contributed by atoms with van der Waals surface area (Å²) in [6.07, 6.45) is 9.15. The number of aromatic amines is 1. The first kappa shape index (κ1) is 16.1. The topological polar surface area (TPSA) is 91.0 Å². The average Bonchev–Trinajstić information content (AvgIpc) is 3.00. The molecule has 7 heteroatoms. The van der Waals surface area contributed by atoms with Crippen molar-refractivity contribution in [1.82, 2.24) is 19.9 Å². The van der Waals surface area contributed by atoms with Crippen molar-refractivity contribution >= 4 is 29.0 Å². The molecule has 25 heavy (non-hydrogen) atoms. The van der Waals surface area contributed by atoms with Crippen LogP contribution in [0, 0.1) is 5.92 Å². The highest BCUT2D eigenvalue weighted by Crippen LogP contribution is 2.34. The molecule has 2 aromatic heterocycles. The van der Waals surface area contributed by atoms with Crippen molar-refractivity contribution < 1.29 is 9.59 Å². The number of carbonyl (C=O) groups is 2. The summed E-state index contributed by atoms with van der Waals surface area (Å²) in [6, 6.07) is 0.394. The molecule has 4 rings (SSSR count). The molecule has 0 spiro atoms. The molecular formula is C18H23N5O2. The third-order valence-corrected chi connectivity index (χ3v) is 5.62. The number of anilines is 1. The molecular weight excluding hydrogens is 318 g/mol. The lowest BCUT2D eigenvalue weighted by Crippen LogP contribution is -2.46. The van der Waals surface area contributed by atoms with E-state index < -0.39 is 0 Å². The van der Waals surface area contributed by atoms with Crippen LogP contribution in [0.2, 0.25) is 0 Å². The molecule has 2 N–H and O–H groups in total. The van der Waals surface area contributed by atoms with Gasteiger partial charge in [0.15, 0.2) is 5.78 Å². The van der Waals surface area contributed by atoms with Gasteiger partial charge in [0.05, 0.1) is 5.39 Å². The zero-order valence-electron chi connectivity index (χ0n) is 14.4. The van der Waals surface area contributed by atoms with Crippen LogP contribution in [-0.4, -0.2) is 50.7 Å². The first-order valence-corrected chi connectivity index (χ1v) is 9.01. The molecule has 132 valence electrons. The molecule has 2 fully saturated rings. The number of piperidine rings is 1. The minimum Gasteiger partial charge on any atom is -0.365 e. The van der Waals surface area contributed by atoms with Gasteiger partial charge in [0.2, 0.25) is 6.41 Å². The van der Waals surface area contributed by atoms with Crippen molar-refractivity contribution in [1.29, 1.82) is 0 Å². The number of ketones is 1. The number of nitrogens with zero attached hydrogens (tertiary/aromatic N) is 3. The number of aromatic nitrogens is 3. The van der Waals surface area contributed by atoms with E-state index in [4.69, 9.17) is 0 Å². The number of hydrogen-bond acceptors (Lipinski definition) is 5. The fourth-order valence-corrected chi connectivity index (χ4v) is 3.75. The Balaban J connectivity index is 1.62. The Labute approximate surface area is 146 Å². The van der Waals surface area contributed by atoms with Gasteiger partial charge in [0.25, 0.3) is 0 Å². The van der Waals surface area contributed by atoms with E-state index in [-0.39, 0.29) is 23.8 Å². The second-order valence-corrected chi connectivity index (χ2v) is 7.21. The van der Waals surface area contributed by atoms with Crippen LogP contribution in [0.15, 0.2) is 12.5 Å². The van der Waals surface area contributed by atoms with Crippen LogP contribution in [0.5, 0.6) is 0 Å². The Kier molecular flexibility index (Phi) is 4.15. The molecule has 2 aromatic rings. The Morgan fingerprint density at radius 1 is 1.32 bits per heavy atom. The predicted octanol–water partition coefficient (Wildman–Crippen LogP) is 2.36. The average molecular weight is 341 g/mol. The van der Waals surface area contributed by atoms with Crippen molar-refractivity contribution in [3.63, 3.8) is 0 Å². The molecule has 2 unspecified atom stereocenters. The number of carbonyl (C=O) groups excluding carboxylic acids is 2. The lowest BCUT2D eigenvalue weighted by molar-refractivity contribution is -0.121. The Morgan fingerprint density at radius 2 is 2.16 bits per heavy atom. The number of amides is 1.